The van der Waals surface area contributed by atoms with E-state index in [1.807, 2.05) is 24.3 Å². The predicted octanol–water partition coefficient (Wildman–Crippen LogP) is 2.92. The number of nitrogens with one attached hydrogen (secondary N) is 1. The molecule has 1 aromatic carbocycles. The van der Waals surface area contributed by atoms with Gasteiger partial charge in [0.1, 0.15) is 6.54 Å². The molecule has 4 nitrogen and oxygen atoms in total. The number of amides is 2. The first kappa shape index (κ1) is 13.9. The summed E-state index contributed by atoms with van der Waals surface area (Å²) in [6.45, 7) is 5.05. The van der Waals surface area contributed by atoms with Crippen LogP contribution in [0.1, 0.15) is 25.3 Å². The van der Waals surface area contributed by atoms with E-state index in [-0.39, 0.29) is 17.7 Å². The number of hydrogen-bond acceptors (Lipinski definition) is 3. The van der Waals surface area contributed by atoms with Crippen molar-refractivity contribution in [1.29, 1.82) is 0 Å². The van der Waals surface area contributed by atoms with Gasteiger partial charge in [0.2, 0.25) is 5.91 Å². The van der Waals surface area contributed by atoms with Crippen LogP contribution in [-0.2, 0) is 4.79 Å². The van der Waals surface area contributed by atoms with E-state index in [1.54, 1.807) is 4.90 Å². The average Bonchev–Trinajstić information content (AvgIpc) is 2.75. The van der Waals surface area contributed by atoms with Gasteiger partial charge in [0.25, 0.3) is 5.24 Å². The van der Waals surface area contributed by atoms with E-state index in [9.17, 15) is 9.59 Å². The topological polar surface area (TPSA) is 49.4 Å². The number of hydrogen-bond donors (Lipinski definition) is 1. The number of benzene rings is 1. The molecule has 5 heteroatoms. The Hall–Kier alpha value is -1.49. The van der Waals surface area contributed by atoms with Crippen LogP contribution in [0.5, 0.6) is 0 Å². The van der Waals surface area contributed by atoms with E-state index in [0.29, 0.717) is 12.5 Å². The molecule has 1 aliphatic rings. The molecule has 19 heavy (non-hydrogen) atoms. The van der Waals surface area contributed by atoms with Crippen LogP contribution in [0.3, 0.4) is 0 Å². The molecule has 102 valence electrons. The zero-order valence-electron chi connectivity index (χ0n) is 11.2. The van der Waals surface area contributed by atoms with Crippen molar-refractivity contribution in [3.8, 4) is 0 Å². The van der Waals surface area contributed by atoms with Crippen LogP contribution >= 0.6 is 11.8 Å². The fourth-order valence-electron chi connectivity index (χ4n) is 1.89. The molecule has 0 saturated carbocycles. The van der Waals surface area contributed by atoms with Gasteiger partial charge in [-0.1, -0.05) is 37.7 Å². The normalized spacial score (nSPS) is 15.1. The molecule has 1 heterocycles. The van der Waals surface area contributed by atoms with Crippen LogP contribution in [0.2, 0.25) is 0 Å². The number of carbonyl (C=O) groups excluding carboxylic acids is 2. The smallest absolute Gasteiger partial charge is 0.282 e. The summed E-state index contributed by atoms with van der Waals surface area (Å²) in [5, 5.41) is 2.80. The van der Waals surface area contributed by atoms with Gasteiger partial charge in [-0.05, 0) is 23.6 Å². The van der Waals surface area contributed by atoms with Gasteiger partial charge in [0.15, 0.2) is 0 Å². The first-order valence-electron chi connectivity index (χ1n) is 6.38. The summed E-state index contributed by atoms with van der Waals surface area (Å²) >= 11 is 1.27. The molecule has 0 aliphatic carbocycles. The second-order valence-electron chi connectivity index (χ2n) is 4.86. The van der Waals surface area contributed by atoms with E-state index in [0.717, 1.165) is 11.4 Å². The highest BCUT2D eigenvalue weighted by atomic mass is 32.2. The van der Waals surface area contributed by atoms with Gasteiger partial charge < -0.3 is 10.2 Å². The maximum Gasteiger partial charge on any atom is 0.282 e. The van der Waals surface area contributed by atoms with Crippen LogP contribution in [0, 0.1) is 0 Å². The molecule has 0 atom stereocenters. The molecule has 0 aromatic heterocycles. The summed E-state index contributed by atoms with van der Waals surface area (Å²) in [6, 6.07) is 7.82. The Morgan fingerprint density at radius 2 is 2.05 bits per heavy atom. The highest BCUT2D eigenvalue weighted by molar-refractivity contribution is 8.13. The Morgan fingerprint density at radius 3 is 2.58 bits per heavy atom. The minimum atomic E-state index is -0.145. The molecule has 0 spiro atoms. The minimum absolute atomic E-state index is 0.00898. The predicted molar refractivity (Wildman–Crippen MR) is 78.6 cm³/mol. The molecular weight excluding hydrogens is 260 g/mol. The van der Waals surface area contributed by atoms with Crippen molar-refractivity contribution in [2.75, 3.05) is 24.2 Å². The van der Waals surface area contributed by atoms with Gasteiger partial charge in [0, 0.05) is 18.0 Å². The van der Waals surface area contributed by atoms with Crippen molar-refractivity contribution < 1.29 is 9.59 Å². The fraction of sp³-hybridized carbons (Fsp3) is 0.429. The van der Waals surface area contributed by atoms with Crippen molar-refractivity contribution in [1.82, 2.24) is 4.90 Å². The summed E-state index contributed by atoms with van der Waals surface area (Å²) in [6.07, 6.45) is 0. The van der Waals surface area contributed by atoms with Crippen LogP contribution in [0.4, 0.5) is 10.5 Å². The quantitative estimate of drug-likeness (QED) is 0.921. The van der Waals surface area contributed by atoms with Gasteiger partial charge in [-0.15, -0.1) is 0 Å². The summed E-state index contributed by atoms with van der Waals surface area (Å²) in [5.41, 5.74) is 2.01. The van der Waals surface area contributed by atoms with Crippen LogP contribution in [-0.4, -0.2) is 34.9 Å². The third kappa shape index (κ3) is 3.73. The molecule has 2 amide bonds. The van der Waals surface area contributed by atoms with Gasteiger partial charge in [0.05, 0.1) is 0 Å². The van der Waals surface area contributed by atoms with Crippen LogP contribution in [0.25, 0.3) is 0 Å². The van der Waals surface area contributed by atoms with Crippen molar-refractivity contribution in [2.24, 2.45) is 0 Å². The lowest BCUT2D eigenvalue weighted by Crippen LogP contribution is -2.33. The first-order valence-corrected chi connectivity index (χ1v) is 7.36. The number of rotatable bonds is 4. The number of thioether (sulfide) groups is 1. The molecule has 1 saturated heterocycles. The van der Waals surface area contributed by atoms with E-state index < -0.39 is 0 Å². The lowest BCUT2D eigenvalue weighted by molar-refractivity contribution is -0.116. The summed E-state index contributed by atoms with van der Waals surface area (Å²) in [4.78, 5) is 24.8. The first-order chi connectivity index (χ1) is 9.06. The standard InChI is InChI=1S/C14H18N2O2S/c1-10(2)11-3-5-12(6-4-11)15-13(17)9-16-7-8-19-14(16)18/h3-6,10H,7-9H2,1-2H3,(H,15,17). The number of anilines is 1. The minimum Gasteiger partial charge on any atom is -0.325 e. The molecule has 0 unspecified atom stereocenters. The zero-order chi connectivity index (χ0) is 13.8. The second kappa shape index (κ2) is 6.10. The summed E-state index contributed by atoms with van der Waals surface area (Å²) < 4.78 is 0. The van der Waals surface area contributed by atoms with Crippen LogP contribution in [0.15, 0.2) is 24.3 Å². The van der Waals surface area contributed by atoms with E-state index in [2.05, 4.69) is 19.2 Å². The Morgan fingerprint density at radius 1 is 1.37 bits per heavy atom. The number of nitrogens with zero attached hydrogens (tertiary/aromatic N) is 1. The van der Waals surface area contributed by atoms with Crippen molar-refractivity contribution in [3.05, 3.63) is 29.8 Å². The molecule has 2 rings (SSSR count). The molecule has 1 N–H and O–H groups in total. The van der Waals surface area contributed by atoms with Crippen molar-refractivity contribution >= 4 is 28.6 Å². The number of carbonyl (C=O) groups is 2. The Kier molecular flexibility index (Phi) is 4.47. The van der Waals surface area contributed by atoms with Gasteiger partial charge >= 0.3 is 0 Å². The summed E-state index contributed by atoms with van der Waals surface area (Å²) in [7, 11) is 0. The lowest BCUT2D eigenvalue weighted by atomic mass is 10.0. The van der Waals surface area contributed by atoms with Gasteiger partial charge in [-0.25, -0.2) is 0 Å². The molecule has 1 fully saturated rings. The Balaban J connectivity index is 1.89. The van der Waals surface area contributed by atoms with E-state index in [4.69, 9.17) is 0 Å². The molecule has 1 aliphatic heterocycles. The van der Waals surface area contributed by atoms with Crippen molar-refractivity contribution in [2.45, 2.75) is 19.8 Å². The lowest BCUT2D eigenvalue weighted by Gasteiger charge is -2.14. The highest BCUT2D eigenvalue weighted by Gasteiger charge is 2.23. The fourth-order valence-corrected chi connectivity index (χ4v) is 2.72. The van der Waals surface area contributed by atoms with Crippen LogP contribution < -0.4 is 5.32 Å². The van der Waals surface area contributed by atoms with Crippen molar-refractivity contribution in [3.63, 3.8) is 0 Å². The maximum atomic E-state index is 11.8. The largest absolute Gasteiger partial charge is 0.325 e. The third-order valence-corrected chi connectivity index (χ3v) is 3.93. The maximum absolute atomic E-state index is 11.8. The highest BCUT2D eigenvalue weighted by Crippen LogP contribution is 2.18. The average molecular weight is 278 g/mol. The van der Waals surface area contributed by atoms with E-state index >= 15 is 0 Å². The monoisotopic (exact) mass is 278 g/mol. The molecular formula is C14H18N2O2S. The Labute approximate surface area is 117 Å². The SMILES string of the molecule is CC(C)c1ccc(NC(=O)CN2CCSC2=O)cc1. The van der Waals surface area contributed by atoms with Gasteiger partial charge in [-0.2, -0.15) is 0 Å². The summed E-state index contributed by atoms with van der Waals surface area (Å²) in [5.74, 6) is 1.10. The molecule has 1 aromatic rings. The second-order valence-corrected chi connectivity index (χ2v) is 5.91. The molecule has 0 bridgehead atoms. The molecule has 0 radical (unpaired) electrons. The van der Waals surface area contributed by atoms with E-state index in [1.165, 1.54) is 17.3 Å². The Bertz CT molecular complexity index is 471. The zero-order valence-corrected chi connectivity index (χ0v) is 12.0. The van der Waals surface area contributed by atoms with Gasteiger partial charge in [-0.3, -0.25) is 9.59 Å². The third-order valence-electron chi connectivity index (χ3n) is 3.04.